The van der Waals surface area contributed by atoms with Crippen LogP contribution in [0.25, 0.3) is 11.3 Å². The average molecular weight is 389 g/mol. The van der Waals surface area contributed by atoms with Crippen LogP contribution in [0.15, 0.2) is 30.5 Å². The molecule has 0 unspecified atom stereocenters. The van der Waals surface area contributed by atoms with Crippen LogP contribution in [0.3, 0.4) is 0 Å². The number of hydrogen-bond acceptors (Lipinski definition) is 5. The number of aromatic nitrogens is 2. The molecule has 1 saturated heterocycles. The number of amides is 1. The van der Waals surface area contributed by atoms with Crippen molar-refractivity contribution in [3.8, 4) is 11.3 Å². The van der Waals surface area contributed by atoms with E-state index in [0.29, 0.717) is 16.8 Å². The first-order valence-electron chi connectivity index (χ1n) is 9.28. The Morgan fingerprint density at radius 2 is 2.07 bits per heavy atom. The fourth-order valence-corrected chi connectivity index (χ4v) is 3.06. The molecule has 3 heterocycles. The molecule has 1 amide bonds. The Bertz CT molecular complexity index is 791. The molecule has 0 bridgehead atoms. The van der Waals surface area contributed by atoms with Crippen molar-refractivity contribution in [3.63, 3.8) is 0 Å². The molecule has 1 fully saturated rings. The Morgan fingerprint density at radius 3 is 2.81 bits per heavy atom. The lowest BCUT2D eigenvalue weighted by Gasteiger charge is -2.22. The number of rotatable bonds is 6. The second-order valence-corrected chi connectivity index (χ2v) is 7.45. The van der Waals surface area contributed by atoms with Crippen molar-refractivity contribution < 1.29 is 9.53 Å². The fourth-order valence-electron chi connectivity index (χ4n) is 2.86. The first-order chi connectivity index (χ1) is 13.0. The third kappa shape index (κ3) is 5.40. The number of nitrogens with zero attached hydrogens (tertiary/aromatic N) is 2. The lowest BCUT2D eigenvalue weighted by Crippen LogP contribution is -2.22. The number of halogens is 1. The van der Waals surface area contributed by atoms with E-state index >= 15 is 0 Å². The maximum atomic E-state index is 11.9. The van der Waals surface area contributed by atoms with Gasteiger partial charge in [0.1, 0.15) is 11.6 Å². The SMILES string of the molecule is CC(C)C(=O)Nc1cc(-c2cccc(NCC3CCOCC3)n2)c(Cl)cn1. The summed E-state index contributed by atoms with van der Waals surface area (Å²) < 4.78 is 5.40. The van der Waals surface area contributed by atoms with E-state index in [0.717, 1.165) is 49.7 Å². The molecule has 1 aliphatic heterocycles. The molecule has 0 atom stereocenters. The molecular formula is C20H25ClN4O2. The molecule has 7 heteroatoms. The molecular weight excluding hydrogens is 364 g/mol. The molecule has 2 N–H and O–H groups in total. The van der Waals surface area contributed by atoms with Crippen molar-refractivity contribution >= 4 is 29.1 Å². The zero-order valence-corrected chi connectivity index (χ0v) is 16.4. The summed E-state index contributed by atoms with van der Waals surface area (Å²) >= 11 is 6.33. The summed E-state index contributed by atoms with van der Waals surface area (Å²) in [7, 11) is 0. The number of pyridine rings is 2. The van der Waals surface area contributed by atoms with Crippen LogP contribution in [-0.4, -0.2) is 35.6 Å². The zero-order valence-electron chi connectivity index (χ0n) is 15.7. The van der Waals surface area contributed by atoms with Crippen LogP contribution in [0.1, 0.15) is 26.7 Å². The number of anilines is 2. The summed E-state index contributed by atoms with van der Waals surface area (Å²) in [4.78, 5) is 20.8. The molecule has 3 rings (SSSR count). The Morgan fingerprint density at radius 1 is 1.30 bits per heavy atom. The quantitative estimate of drug-likeness (QED) is 0.774. The van der Waals surface area contributed by atoms with Gasteiger partial charge in [0.2, 0.25) is 5.91 Å². The minimum absolute atomic E-state index is 0.0874. The summed E-state index contributed by atoms with van der Waals surface area (Å²) in [6.07, 6.45) is 3.68. The average Bonchev–Trinajstić information content (AvgIpc) is 2.69. The molecule has 144 valence electrons. The van der Waals surface area contributed by atoms with Crippen LogP contribution in [-0.2, 0) is 9.53 Å². The molecule has 0 saturated carbocycles. The van der Waals surface area contributed by atoms with Crippen LogP contribution in [0.5, 0.6) is 0 Å². The largest absolute Gasteiger partial charge is 0.381 e. The molecule has 2 aromatic heterocycles. The molecule has 1 aliphatic rings. The van der Waals surface area contributed by atoms with Crippen molar-refractivity contribution in [2.24, 2.45) is 11.8 Å². The maximum Gasteiger partial charge on any atom is 0.228 e. The normalized spacial score (nSPS) is 15.0. The monoisotopic (exact) mass is 388 g/mol. The highest BCUT2D eigenvalue weighted by Gasteiger charge is 2.15. The van der Waals surface area contributed by atoms with Gasteiger partial charge in [0.15, 0.2) is 0 Å². The van der Waals surface area contributed by atoms with Crippen LogP contribution < -0.4 is 10.6 Å². The summed E-state index contributed by atoms with van der Waals surface area (Å²) in [6, 6.07) is 7.54. The third-order valence-electron chi connectivity index (χ3n) is 4.57. The fraction of sp³-hybridized carbons (Fsp3) is 0.450. The van der Waals surface area contributed by atoms with Crippen molar-refractivity contribution in [3.05, 3.63) is 35.5 Å². The minimum Gasteiger partial charge on any atom is -0.381 e. The molecule has 0 aromatic carbocycles. The van der Waals surface area contributed by atoms with Gasteiger partial charge in [-0.3, -0.25) is 4.79 Å². The van der Waals surface area contributed by atoms with Gasteiger partial charge in [-0.05, 0) is 37.0 Å². The highest BCUT2D eigenvalue weighted by Crippen LogP contribution is 2.29. The van der Waals surface area contributed by atoms with Gasteiger partial charge in [-0.25, -0.2) is 9.97 Å². The minimum atomic E-state index is -0.123. The Balaban J connectivity index is 1.74. The number of carbonyl (C=O) groups is 1. The lowest BCUT2D eigenvalue weighted by atomic mass is 10.0. The van der Waals surface area contributed by atoms with Gasteiger partial charge in [-0.2, -0.15) is 0 Å². The summed E-state index contributed by atoms with van der Waals surface area (Å²) in [5, 5.41) is 6.70. The molecule has 0 aliphatic carbocycles. The van der Waals surface area contributed by atoms with Gasteiger partial charge in [0.25, 0.3) is 0 Å². The highest BCUT2D eigenvalue weighted by atomic mass is 35.5. The van der Waals surface area contributed by atoms with Crippen molar-refractivity contribution in [1.29, 1.82) is 0 Å². The first-order valence-corrected chi connectivity index (χ1v) is 9.66. The number of ether oxygens (including phenoxy) is 1. The van der Waals surface area contributed by atoms with Gasteiger partial charge in [0.05, 0.1) is 10.7 Å². The van der Waals surface area contributed by atoms with Crippen molar-refractivity contribution in [2.75, 3.05) is 30.4 Å². The smallest absolute Gasteiger partial charge is 0.228 e. The number of carbonyl (C=O) groups excluding carboxylic acids is 1. The Kier molecular flexibility index (Phi) is 6.63. The van der Waals surface area contributed by atoms with Crippen molar-refractivity contribution in [1.82, 2.24) is 9.97 Å². The van der Waals surface area contributed by atoms with Crippen molar-refractivity contribution in [2.45, 2.75) is 26.7 Å². The van der Waals surface area contributed by atoms with E-state index in [1.165, 1.54) is 6.20 Å². The molecule has 0 radical (unpaired) electrons. The number of nitrogens with one attached hydrogen (secondary N) is 2. The summed E-state index contributed by atoms with van der Waals surface area (Å²) in [6.45, 7) is 6.21. The molecule has 2 aromatic rings. The van der Waals surface area contributed by atoms with Gasteiger partial charge < -0.3 is 15.4 Å². The van der Waals surface area contributed by atoms with E-state index < -0.39 is 0 Å². The van der Waals surface area contributed by atoms with E-state index in [1.807, 2.05) is 32.0 Å². The zero-order chi connectivity index (χ0) is 19.2. The third-order valence-corrected chi connectivity index (χ3v) is 4.87. The van der Waals surface area contributed by atoms with Crippen LogP contribution in [0, 0.1) is 11.8 Å². The summed E-state index contributed by atoms with van der Waals surface area (Å²) in [5.74, 6) is 1.67. The van der Waals surface area contributed by atoms with Gasteiger partial charge in [0, 0.05) is 37.4 Å². The predicted octanol–water partition coefficient (Wildman–Crippen LogP) is 4.23. The predicted molar refractivity (Wildman–Crippen MR) is 108 cm³/mol. The van der Waals surface area contributed by atoms with E-state index in [-0.39, 0.29) is 11.8 Å². The topological polar surface area (TPSA) is 76.1 Å². The standard InChI is InChI=1S/C20H25ClN4O2/c1-13(2)20(26)25-19-10-15(16(21)12-23-19)17-4-3-5-18(24-17)22-11-14-6-8-27-9-7-14/h3-5,10,12-14H,6-9,11H2,1-2H3,(H,22,24)(H,23,25,26). The van der Waals surface area contributed by atoms with Crippen LogP contribution in [0.4, 0.5) is 11.6 Å². The second-order valence-electron chi connectivity index (χ2n) is 7.04. The van der Waals surface area contributed by atoms with Gasteiger partial charge in [-0.15, -0.1) is 0 Å². The Hall–Kier alpha value is -2.18. The van der Waals surface area contributed by atoms with E-state index in [1.54, 1.807) is 6.07 Å². The second kappa shape index (κ2) is 9.15. The van der Waals surface area contributed by atoms with E-state index in [9.17, 15) is 4.79 Å². The first kappa shape index (κ1) is 19.6. The maximum absolute atomic E-state index is 11.9. The molecule has 6 nitrogen and oxygen atoms in total. The highest BCUT2D eigenvalue weighted by molar-refractivity contribution is 6.33. The Labute approximate surface area is 164 Å². The van der Waals surface area contributed by atoms with Gasteiger partial charge in [-0.1, -0.05) is 31.5 Å². The van der Waals surface area contributed by atoms with Gasteiger partial charge >= 0.3 is 0 Å². The molecule has 0 spiro atoms. The summed E-state index contributed by atoms with van der Waals surface area (Å²) in [5.41, 5.74) is 1.47. The van der Waals surface area contributed by atoms with Crippen LogP contribution >= 0.6 is 11.6 Å². The lowest BCUT2D eigenvalue weighted by molar-refractivity contribution is -0.118. The number of hydrogen-bond donors (Lipinski definition) is 2. The van der Waals surface area contributed by atoms with Crippen LogP contribution in [0.2, 0.25) is 5.02 Å². The van der Waals surface area contributed by atoms with E-state index in [4.69, 9.17) is 16.3 Å². The van der Waals surface area contributed by atoms with E-state index in [2.05, 4.69) is 20.6 Å². The molecule has 27 heavy (non-hydrogen) atoms.